The fourth-order valence-electron chi connectivity index (χ4n) is 3.29. The van der Waals surface area contributed by atoms with Crippen molar-refractivity contribution in [1.29, 1.82) is 0 Å². The SMILES string of the molecule is COC(=O)CCCNC(=O)CN1CCC[C@H](c2nc3ccccc3s2)C1. The molecule has 6 nitrogen and oxygen atoms in total. The van der Waals surface area contributed by atoms with Crippen LogP contribution in [-0.2, 0) is 14.3 Å². The lowest BCUT2D eigenvalue weighted by atomic mass is 9.99. The molecule has 1 aromatic carbocycles. The summed E-state index contributed by atoms with van der Waals surface area (Å²) in [6.07, 6.45) is 3.14. The topological polar surface area (TPSA) is 71.5 Å². The van der Waals surface area contributed by atoms with Crippen LogP contribution in [0.25, 0.3) is 10.2 Å². The van der Waals surface area contributed by atoms with Crippen LogP contribution in [0.1, 0.15) is 36.6 Å². The molecule has 2 heterocycles. The first kappa shape index (κ1) is 18.8. The number of thiazole rings is 1. The molecule has 0 bridgehead atoms. The number of rotatable bonds is 7. The summed E-state index contributed by atoms with van der Waals surface area (Å²) in [5.74, 6) is 0.169. The number of hydrogen-bond donors (Lipinski definition) is 1. The van der Waals surface area contributed by atoms with Crippen molar-refractivity contribution in [3.63, 3.8) is 0 Å². The van der Waals surface area contributed by atoms with Gasteiger partial charge in [0.15, 0.2) is 0 Å². The van der Waals surface area contributed by atoms with Crippen molar-refractivity contribution in [2.45, 2.75) is 31.6 Å². The van der Waals surface area contributed by atoms with Crippen LogP contribution >= 0.6 is 11.3 Å². The Labute approximate surface area is 157 Å². The van der Waals surface area contributed by atoms with Gasteiger partial charge in [-0.15, -0.1) is 11.3 Å². The summed E-state index contributed by atoms with van der Waals surface area (Å²) in [5.41, 5.74) is 1.06. The second kappa shape index (κ2) is 9.09. The van der Waals surface area contributed by atoms with Gasteiger partial charge in [-0.05, 0) is 37.9 Å². The van der Waals surface area contributed by atoms with Crippen LogP contribution in [-0.4, -0.2) is 55.0 Å². The van der Waals surface area contributed by atoms with Gasteiger partial charge in [0.05, 0.1) is 28.9 Å². The molecule has 140 valence electrons. The second-order valence-electron chi connectivity index (χ2n) is 6.62. The number of para-hydroxylation sites is 1. The van der Waals surface area contributed by atoms with Crippen molar-refractivity contribution in [2.24, 2.45) is 0 Å². The van der Waals surface area contributed by atoms with E-state index in [1.807, 2.05) is 12.1 Å². The van der Waals surface area contributed by atoms with Gasteiger partial charge in [0, 0.05) is 25.4 Å². The number of carbonyl (C=O) groups excluding carboxylic acids is 2. The van der Waals surface area contributed by atoms with Crippen LogP contribution in [0.2, 0.25) is 0 Å². The van der Waals surface area contributed by atoms with Gasteiger partial charge in [0.2, 0.25) is 5.91 Å². The summed E-state index contributed by atoms with van der Waals surface area (Å²) in [6, 6.07) is 8.22. The molecular weight excluding hydrogens is 350 g/mol. The normalized spacial score (nSPS) is 18.0. The Bertz CT molecular complexity index is 728. The average molecular weight is 375 g/mol. The molecule has 0 unspecified atom stereocenters. The van der Waals surface area contributed by atoms with Crippen LogP contribution in [0.4, 0.5) is 0 Å². The average Bonchev–Trinajstić information content (AvgIpc) is 3.09. The zero-order chi connectivity index (χ0) is 18.4. The first-order valence-corrected chi connectivity index (χ1v) is 9.88. The Morgan fingerprint density at radius 1 is 1.38 bits per heavy atom. The monoisotopic (exact) mass is 375 g/mol. The highest BCUT2D eigenvalue weighted by molar-refractivity contribution is 7.18. The zero-order valence-corrected chi connectivity index (χ0v) is 15.9. The van der Waals surface area contributed by atoms with E-state index in [9.17, 15) is 9.59 Å². The summed E-state index contributed by atoms with van der Waals surface area (Å²) in [4.78, 5) is 30.2. The van der Waals surface area contributed by atoms with E-state index in [1.54, 1.807) is 11.3 Å². The van der Waals surface area contributed by atoms with E-state index < -0.39 is 0 Å². The van der Waals surface area contributed by atoms with Crippen molar-refractivity contribution >= 4 is 33.4 Å². The van der Waals surface area contributed by atoms with Crippen molar-refractivity contribution in [3.05, 3.63) is 29.3 Å². The smallest absolute Gasteiger partial charge is 0.305 e. The van der Waals surface area contributed by atoms with Gasteiger partial charge in [-0.3, -0.25) is 14.5 Å². The summed E-state index contributed by atoms with van der Waals surface area (Å²) in [7, 11) is 1.37. The number of amides is 1. The molecule has 7 heteroatoms. The standard InChI is InChI=1S/C19H25N3O3S/c1-25-18(24)9-4-10-20-17(23)13-22-11-5-6-14(12-22)19-21-15-7-2-3-8-16(15)26-19/h2-3,7-8,14H,4-6,9-13H2,1H3,(H,20,23)/t14-/m0/s1. The maximum absolute atomic E-state index is 12.1. The minimum Gasteiger partial charge on any atom is -0.469 e. The van der Waals surface area contributed by atoms with Crippen molar-refractivity contribution in [1.82, 2.24) is 15.2 Å². The van der Waals surface area contributed by atoms with Gasteiger partial charge >= 0.3 is 5.97 Å². The minimum atomic E-state index is -0.242. The van der Waals surface area contributed by atoms with E-state index in [0.717, 1.165) is 31.4 Å². The van der Waals surface area contributed by atoms with E-state index in [-0.39, 0.29) is 11.9 Å². The lowest BCUT2D eigenvalue weighted by molar-refractivity contribution is -0.140. The lowest BCUT2D eigenvalue weighted by Gasteiger charge is -2.31. The molecule has 2 aromatic rings. The van der Waals surface area contributed by atoms with E-state index in [0.29, 0.717) is 31.8 Å². The molecule has 0 spiro atoms. The molecule has 1 atom stereocenters. The van der Waals surface area contributed by atoms with E-state index in [1.165, 1.54) is 16.8 Å². The summed E-state index contributed by atoms with van der Waals surface area (Å²) in [6.45, 7) is 2.72. The summed E-state index contributed by atoms with van der Waals surface area (Å²) in [5, 5.41) is 4.06. The van der Waals surface area contributed by atoms with Crippen LogP contribution in [0.5, 0.6) is 0 Å². The molecular formula is C19H25N3O3S. The predicted octanol–water partition coefficient (Wildman–Crippen LogP) is 2.55. The van der Waals surface area contributed by atoms with E-state index >= 15 is 0 Å². The fraction of sp³-hybridized carbons (Fsp3) is 0.526. The van der Waals surface area contributed by atoms with Crippen molar-refractivity contribution in [3.8, 4) is 0 Å². The maximum atomic E-state index is 12.1. The Kier molecular flexibility index (Phi) is 6.57. The first-order valence-electron chi connectivity index (χ1n) is 9.07. The molecule has 0 radical (unpaired) electrons. The van der Waals surface area contributed by atoms with Gasteiger partial charge in [0.25, 0.3) is 0 Å². The Hall–Kier alpha value is -1.99. The Morgan fingerprint density at radius 2 is 2.23 bits per heavy atom. The third kappa shape index (κ3) is 5.02. The van der Waals surface area contributed by atoms with Crippen LogP contribution in [0.3, 0.4) is 0 Å². The maximum Gasteiger partial charge on any atom is 0.305 e. The van der Waals surface area contributed by atoms with Gasteiger partial charge in [-0.2, -0.15) is 0 Å². The molecule has 1 N–H and O–H groups in total. The van der Waals surface area contributed by atoms with Gasteiger partial charge < -0.3 is 10.1 Å². The Morgan fingerprint density at radius 3 is 3.04 bits per heavy atom. The highest BCUT2D eigenvalue weighted by atomic mass is 32.1. The third-order valence-corrected chi connectivity index (χ3v) is 5.84. The van der Waals surface area contributed by atoms with Gasteiger partial charge in [-0.25, -0.2) is 4.98 Å². The molecule has 1 saturated heterocycles. The molecule has 1 fully saturated rings. The molecule has 26 heavy (non-hydrogen) atoms. The number of likely N-dealkylation sites (tertiary alicyclic amines) is 1. The number of esters is 1. The van der Waals surface area contributed by atoms with Gasteiger partial charge in [0.1, 0.15) is 0 Å². The van der Waals surface area contributed by atoms with Gasteiger partial charge in [-0.1, -0.05) is 12.1 Å². The van der Waals surface area contributed by atoms with Crippen LogP contribution in [0.15, 0.2) is 24.3 Å². The second-order valence-corrected chi connectivity index (χ2v) is 7.69. The molecule has 1 aliphatic rings. The molecule has 0 aliphatic carbocycles. The molecule has 1 aromatic heterocycles. The number of nitrogens with zero attached hydrogens (tertiary/aromatic N) is 2. The summed E-state index contributed by atoms with van der Waals surface area (Å²) < 4.78 is 5.81. The molecule has 1 aliphatic heterocycles. The number of ether oxygens (including phenoxy) is 1. The molecule has 0 saturated carbocycles. The number of aromatic nitrogens is 1. The van der Waals surface area contributed by atoms with Crippen LogP contribution < -0.4 is 5.32 Å². The largest absolute Gasteiger partial charge is 0.469 e. The number of nitrogens with one attached hydrogen (secondary N) is 1. The van der Waals surface area contributed by atoms with E-state index in [4.69, 9.17) is 4.98 Å². The van der Waals surface area contributed by atoms with Crippen molar-refractivity contribution < 1.29 is 14.3 Å². The number of piperidine rings is 1. The summed E-state index contributed by atoms with van der Waals surface area (Å²) >= 11 is 1.76. The van der Waals surface area contributed by atoms with Crippen LogP contribution in [0, 0.1) is 0 Å². The lowest BCUT2D eigenvalue weighted by Crippen LogP contribution is -2.42. The fourth-order valence-corrected chi connectivity index (χ4v) is 4.38. The number of methoxy groups -OCH3 is 1. The zero-order valence-electron chi connectivity index (χ0n) is 15.1. The quantitative estimate of drug-likeness (QED) is 0.595. The highest BCUT2D eigenvalue weighted by Gasteiger charge is 2.25. The minimum absolute atomic E-state index is 0.0137. The number of fused-ring (bicyclic) bond motifs is 1. The number of carbonyl (C=O) groups is 2. The predicted molar refractivity (Wildman–Crippen MR) is 102 cm³/mol. The number of hydrogen-bond acceptors (Lipinski definition) is 6. The molecule has 3 rings (SSSR count). The Balaban J connectivity index is 1.47. The number of benzene rings is 1. The van der Waals surface area contributed by atoms with Crippen molar-refractivity contribution in [2.75, 3.05) is 33.3 Å². The first-order chi connectivity index (χ1) is 12.7. The molecule has 1 amide bonds. The van der Waals surface area contributed by atoms with E-state index in [2.05, 4.69) is 27.1 Å². The third-order valence-electron chi connectivity index (χ3n) is 4.64. The highest BCUT2D eigenvalue weighted by Crippen LogP contribution is 2.32.